The fourth-order valence-corrected chi connectivity index (χ4v) is 6.11. The van der Waals surface area contributed by atoms with Crippen molar-refractivity contribution >= 4 is 44.0 Å². The van der Waals surface area contributed by atoms with Crippen molar-refractivity contribution in [3.05, 3.63) is 63.5 Å². The molecule has 32 heavy (non-hydrogen) atoms. The molecule has 1 amide bonds. The van der Waals surface area contributed by atoms with Gasteiger partial charge in [-0.25, -0.2) is 12.9 Å². The number of amides is 1. The number of hydrogen-bond donors (Lipinski definition) is 0. The van der Waals surface area contributed by atoms with Gasteiger partial charge in [-0.05, 0) is 97.2 Å². The molecule has 2 aromatic heterocycles. The summed E-state index contributed by atoms with van der Waals surface area (Å²) in [5.74, 6) is 0.232. The van der Waals surface area contributed by atoms with Crippen LogP contribution in [0, 0.1) is 3.57 Å². The van der Waals surface area contributed by atoms with E-state index in [1.54, 1.807) is 32.1 Å². The van der Waals surface area contributed by atoms with E-state index in [4.69, 9.17) is 0 Å². The lowest BCUT2D eigenvalue weighted by Gasteiger charge is -2.31. The molecule has 7 nitrogen and oxygen atoms in total. The number of carbonyl (C=O) groups is 1. The molecule has 3 aromatic rings. The molecule has 1 aromatic carbocycles. The Kier molecular flexibility index (Phi) is 6.87. The zero-order valence-corrected chi connectivity index (χ0v) is 21.2. The van der Waals surface area contributed by atoms with Crippen LogP contribution in [-0.4, -0.2) is 59.3 Å². The Morgan fingerprint density at radius 2 is 1.78 bits per heavy atom. The minimum Gasteiger partial charge on any atom is -0.339 e. The summed E-state index contributed by atoms with van der Waals surface area (Å²) in [6, 6.07) is 11.0. The number of aromatic nitrogens is 2. The molecule has 0 N–H and O–H groups in total. The van der Waals surface area contributed by atoms with Crippen LogP contribution in [-0.2, 0) is 10.0 Å². The molecule has 4 rings (SSSR count). The number of pyridine rings is 1. The molecule has 0 bridgehead atoms. The zero-order chi connectivity index (χ0) is 22.9. The first-order valence-electron chi connectivity index (χ1n) is 10.9. The lowest BCUT2D eigenvalue weighted by Crippen LogP contribution is -2.37. The third-order valence-corrected chi connectivity index (χ3v) is 8.84. The first kappa shape index (κ1) is 23.2. The first-order valence-corrected chi connectivity index (χ1v) is 13.4. The van der Waals surface area contributed by atoms with Crippen LogP contribution in [0.15, 0.2) is 53.7 Å². The van der Waals surface area contributed by atoms with Crippen molar-refractivity contribution in [2.45, 2.75) is 37.5 Å². The molecule has 1 aliphatic heterocycles. The Bertz CT molecular complexity index is 1210. The Morgan fingerprint density at radius 3 is 2.41 bits per heavy atom. The van der Waals surface area contributed by atoms with Crippen LogP contribution in [0.1, 0.15) is 48.5 Å². The molecule has 0 spiro atoms. The highest BCUT2D eigenvalue weighted by Gasteiger charge is 2.30. The first-order chi connectivity index (χ1) is 15.3. The van der Waals surface area contributed by atoms with E-state index in [1.807, 2.05) is 44.3 Å². The van der Waals surface area contributed by atoms with Gasteiger partial charge in [0.15, 0.2) is 0 Å². The highest BCUT2D eigenvalue weighted by atomic mass is 127. The van der Waals surface area contributed by atoms with Crippen molar-refractivity contribution in [3.8, 4) is 0 Å². The van der Waals surface area contributed by atoms with Gasteiger partial charge in [0, 0.05) is 35.9 Å². The highest BCUT2D eigenvalue weighted by Crippen LogP contribution is 2.32. The van der Waals surface area contributed by atoms with Gasteiger partial charge in [0.1, 0.15) is 0 Å². The standard InChI is InChI=1S/C23H27IN4O3S/c1-3-26(4-2)23(29)21-16-25-28-14-11-18(15-22(21)28)17-9-12-27(13-10-17)32(30,31)20-7-5-19(24)6-8-20/h5-8,11,14-17H,3-4,9-10,12-13H2,1-2H3. The lowest BCUT2D eigenvalue weighted by molar-refractivity contribution is 0.0775. The number of fused-ring (bicyclic) bond motifs is 1. The fourth-order valence-electron chi connectivity index (χ4n) is 4.28. The van der Waals surface area contributed by atoms with Gasteiger partial charge in [-0.15, -0.1) is 0 Å². The van der Waals surface area contributed by atoms with Crippen molar-refractivity contribution in [1.82, 2.24) is 18.8 Å². The number of halogens is 1. The van der Waals surface area contributed by atoms with E-state index in [9.17, 15) is 13.2 Å². The molecule has 0 unspecified atom stereocenters. The average molecular weight is 566 g/mol. The minimum atomic E-state index is -3.48. The van der Waals surface area contributed by atoms with Gasteiger partial charge in [0.2, 0.25) is 10.0 Å². The van der Waals surface area contributed by atoms with Crippen LogP contribution in [0.3, 0.4) is 0 Å². The molecular weight excluding hydrogens is 539 g/mol. The summed E-state index contributed by atoms with van der Waals surface area (Å²) < 4.78 is 30.3. The second-order valence-corrected chi connectivity index (χ2v) is 11.1. The van der Waals surface area contributed by atoms with Crippen LogP contribution < -0.4 is 0 Å². The summed E-state index contributed by atoms with van der Waals surface area (Å²) in [6.07, 6.45) is 5.01. The second kappa shape index (κ2) is 9.48. The molecule has 0 atom stereocenters. The molecule has 9 heteroatoms. The SMILES string of the molecule is CCN(CC)C(=O)c1cnn2ccc(C3CCN(S(=O)(=O)c4ccc(I)cc4)CC3)cc12. The van der Waals surface area contributed by atoms with Crippen LogP contribution in [0.25, 0.3) is 5.52 Å². The molecule has 1 fully saturated rings. The molecule has 3 heterocycles. The maximum Gasteiger partial charge on any atom is 0.257 e. The summed E-state index contributed by atoms with van der Waals surface area (Å²) in [6.45, 7) is 6.20. The van der Waals surface area contributed by atoms with Gasteiger partial charge in [-0.1, -0.05) is 0 Å². The van der Waals surface area contributed by atoms with Crippen molar-refractivity contribution in [2.75, 3.05) is 26.2 Å². The van der Waals surface area contributed by atoms with Crippen molar-refractivity contribution < 1.29 is 13.2 Å². The number of rotatable bonds is 6. The van der Waals surface area contributed by atoms with Gasteiger partial charge in [0.25, 0.3) is 5.91 Å². The topological polar surface area (TPSA) is 75.0 Å². The largest absolute Gasteiger partial charge is 0.339 e. The Morgan fingerprint density at radius 1 is 1.12 bits per heavy atom. The summed E-state index contributed by atoms with van der Waals surface area (Å²) in [7, 11) is -3.48. The number of benzene rings is 1. The van der Waals surface area contributed by atoms with Gasteiger partial charge in [0.05, 0.1) is 22.2 Å². The monoisotopic (exact) mass is 566 g/mol. The van der Waals surface area contributed by atoms with Crippen LogP contribution in [0.2, 0.25) is 0 Å². The molecule has 0 radical (unpaired) electrons. The van der Waals surface area contributed by atoms with E-state index in [0.29, 0.717) is 36.6 Å². The van der Waals surface area contributed by atoms with E-state index in [2.05, 4.69) is 27.7 Å². The molecule has 0 aliphatic carbocycles. The Hall–Kier alpha value is -1.98. The predicted molar refractivity (Wildman–Crippen MR) is 132 cm³/mol. The zero-order valence-electron chi connectivity index (χ0n) is 18.2. The average Bonchev–Trinajstić information content (AvgIpc) is 3.23. The summed E-state index contributed by atoms with van der Waals surface area (Å²) in [4.78, 5) is 15.0. The lowest BCUT2D eigenvalue weighted by atomic mass is 9.90. The fraction of sp³-hybridized carbons (Fsp3) is 0.391. The van der Waals surface area contributed by atoms with E-state index >= 15 is 0 Å². The highest BCUT2D eigenvalue weighted by molar-refractivity contribution is 14.1. The number of sulfonamides is 1. The maximum absolute atomic E-state index is 13.0. The van der Waals surface area contributed by atoms with Crippen molar-refractivity contribution in [3.63, 3.8) is 0 Å². The van der Waals surface area contributed by atoms with E-state index in [1.165, 1.54) is 0 Å². The summed E-state index contributed by atoms with van der Waals surface area (Å²) >= 11 is 2.17. The predicted octanol–water partition coefficient (Wildman–Crippen LogP) is 3.99. The quantitative estimate of drug-likeness (QED) is 0.423. The third-order valence-electron chi connectivity index (χ3n) is 6.20. The second-order valence-electron chi connectivity index (χ2n) is 7.96. The van der Waals surface area contributed by atoms with Crippen LogP contribution >= 0.6 is 22.6 Å². The van der Waals surface area contributed by atoms with Gasteiger partial charge < -0.3 is 4.90 Å². The molecule has 1 aliphatic rings. The van der Waals surface area contributed by atoms with E-state index in [-0.39, 0.29) is 11.8 Å². The Balaban J connectivity index is 1.52. The normalized spacial score (nSPS) is 15.8. The smallest absolute Gasteiger partial charge is 0.257 e. The van der Waals surface area contributed by atoms with Gasteiger partial charge >= 0.3 is 0 Å². The van der Waals surface area contributed by atoms with Gasteiger partial charge in [-0.2, -0.15) is 9.40 Å². The molecular formula is C23H27IN4O3S. The van der Waals surface area contributed by atoms with Crippen molar-refractivity contribution in [1.29, 1.82) is 0 Å². The van der Waals surface area contributed by atoms with E-state index in [0.717, 1.165) is 27.5 Å². The van der Waals surface area contributed by atoms with Crippen LogP contribution in [0.4, 0.5) is 0 Å². The molecule has 170 valence electrons. The number of carbonyl (C=O) groups excluding carboxylic acids is 1. The van der Waals surface area contributed by atoms with E-state index < -0.39 is 10.0 Å². The van der Waals surface area contributed by atoms with Crippen LogP contribution in [0.5, 0.6) is 0 Å². The summed E-state index contributed by atoms with van der Waals surface area (Å²) in [5, 5.41) is 4.34. The molecule has 1 saturated heterocycles. The van der Waals surface area contributed by atoms with Crippen molar-refractivity contribution in [2.24, 2.45) is 0 Å². The maximum atomic E-state index is 13.0. The summed E-state index contributed by atoms with van der Waals surface area (Å²) in [5.41, 5.74) is 2.53. The molecule has 0 saturated carbocycles. The number of piperidine rings is 1. The number of hydrogen-bond acceptors (Lipinski definition) is 4. The third kappa shape index (κ3) is 4.42. The minimum absolute atomic E-state index is 0.0133. The number of nitrogens with zero attached hydrogens (tertiary/aromatic N) is 4. The van der Waals surface area contributed by atoms with Gasteiger partial charge in [-0.3, -0.25) is 4.79 Å². The Labute approximate surface area is 202 Å².